The quantitative estimate of drug-likeness (QED) is 0.519. The predicted molar refractivity (Wildman–Crippen MR) is 121 cm³/mol. The molecule has 0 aliphatic heterocycles. The summed E-state index contributed by atoms with van der Waals surface area (Å²) in [6.07, 6.45) is 0. The third kappa shape index (κ3) is 6.47. The van der Waals surface area contributed by atoms with Crippen molar-refractivity contribution in [3.05, 3.63) is 59.7 Å². The summed E-state index contributed by atoms with van der Waals surface area (Å²) in [5.41, 5.74) is 1.13. The zero-order valence-electron chi connectivity index (χ0n) is 18.6. The van der Waals surface area contributed by atoms with Crippen LogP contribution < -0.4 is 14.8 Å². The topological polar surface area (TPSA) is 83.0 Å². The molecule has 0 bridgehead atoms. The van der Waals surface area contributed by atoms with Crippen LogP contribution in [0.3, 0.4) is 0 Å². The molecule has 0 radical (unpaired) electrons. The molecule has 7 nitrogen and oxygen atoms in total. The Labute approximate surface area is 180 Å². The van der Waals surface area contributed by atoms with E-state index in [9.17, 15) is 8.42 Å². The molecule has 2 aromatic carbocycles. The van der Waals surface area contributed by atoms with E-state index in [0.717, 1.165) is 11.3 Å². The molecule has 8 heteroatoms. The van der Waals surface area contributed by atoms with E-state index in [1.165, 1.54) is 0 Å². The molecule has 0 fully saturated rings. The van der Waals surface area contributed by atoms with Gasteiger partial charge in [-0.25, -0.2) is 13.1 Å². The number of benzene rings is 2. The number of aliphatic imine (C=N–C) groups is 1. The van der Waals surface area contributed by atoms with Gasteiger partial charge in [0.05, 0.1) is 12.0 Å². The lowest BCUT2D eigenvalue weighted by Gasteiger charge is -2.24. The molecule has 0 atom stereocenters. The molecule has 0 heterocycles. The van der Waals surface area contributed by atoms with E-state index in [1.807, 2.05) is 63.1 Å². The number of nitrogens with one attached hydrogen (secondary N) is 2. The second kappa shape index (κ2) is 9.95. The normalized spacial score (nSPS) is 12.5. The van der Waals surface area contributed by atoms with Crippen molar-refractivity contribution in [3.8, 4) is 5.75 Å². The Kier molecular flexibility index (Phi) is 7.86. The first-order valence-electron chi connectivity index (χ1n) is 9.73. The first kappa shape index (κ1) is 23.7. The highest BCUT2D eigenvalue weighted by Gasteiger charge is 2.24. The maximum atomic E-state index is 12.8. The van der Waals surface area contributed by atoms with E-state index in [1.54, 1.807) is 32.4 Å². The van der Waals surface area contributed by atoms with E-state index in [0.29, 0.717) is 24.6 Å². The molecule has 0 saturated heterocycles. The molecule has 0 saturated carbocycles. The van der Waals surface area contributed by atoms with Gasteiger partial charge in [0.1, 0.15) is 5.75 Å². The number of ether oxygens (including phenoxy) is 1. The van der Waals surface area contributed by atoms with Crippen molar-refractivity contribution in [1.82, 2.24) is 14.9 Å². The fraction of sp³-hybridized carbons (Fsp3) is 0.409. The summed E-state index contributed by atoms with van der Waals surface area (Å²) in [6.45, 7) is 6.37. The Hall–Kier alpha value is -2.58. The van der Waals surface area contributed by atoms with Crippen LogP contribution in [0.4, 0.5) is 0 Å². The molecule has 2 aromatic rings. The number of rotatable bonds is 7. The third-order valence-corrected chi connectivity index (χ3v) is 6.17. The summed E-state index contributed by atoms with van der Waals surface area (Å²) in [5, 5.41) is 3.26. The number of guanidine groups is 1. The average molecular weight is 433 g/mol. The monoisotopic (exact) mass is 432 g/mol. The summed E-state index contributed by atoms with van der Waals surface area (Å²) in [7, 11) is 1.63. The summed E-state index contributed by atoms with van der Waals surface area (Å²) >= 11 is 0. The van der Waals surface area contributed by atoms with Gasteiger partial charge in [-0.05, 0) is 38.5 Å². The number of hydrogen-bond donors (Lipinski definition) is 2. The van der Waals surface area contributed by atoms with Crippen molar-refractivity contribution < 1.29 is 13.2 Å². The Morgan fingerprint density at radius 2 is 1.67 bits per heavy atom. The molecule has 0 unspecified atom stereocenters. The first-order valence-corrected chi connectivity index (χ1v) is 11.2. The smallest absolute Gasteiger partial charge is 0.241 e. The van der Waals surface area contributed by atoms with E-state index >= 15 is 0 Å². The molecule has 2 rings (SSSR count). The minimum absolute atomic E-state index is 0.259. The molecule has 2 N–H and O–H groups in total. The van der Waals surface area contributed by atoms with Crippen LogP contribution in [-0.4, -0.2) is 46.0 Å². The van der Waals surface area contributed by atoms with Crippen LogP contribution in [0.15, 0.2) is 58.4 Å². The van der Waals surface area contributed by atoms with Crippen LogP contribution >= 0.6 is 0 Å². The molecule has 0 aliphatic rings. The Morgan fingerprint density at radius 3 is 2.27 bits per heavy atom. The van der Waals surface area contributed by atoms with Crippen molar-refractivity contribution in [3.63, 3.8) is 0 Å². The second-order valence-electron chi connectivity index (χ2n) is 8.03. The number of sulfonamides is 1. The van der Waals surface area contributed by atoms with Gasteiger partial charge in [0.25, 0.3) is 0 Å². The number of nitrogens with zero attached hydrogens (tertiary/aromatic N) is 2. The van der Waals surface area contributed by atoms with Crippen LogP contribution in [-0.2, 0) is 23.1 Å². The van der Waals surface area contributed by atoms with Crippen LogP contribution in [0.1, 0.15) is 31.9 Å². The Balaban J connectivity index is 2.16. The molecule has 0 spiro atoms. The SMILES string of the molecule is CN=C(NCc1ccccc1S(=O)(=O)NC(C)(C)C)N(C)Cc1ccccc1OC. The predicted octanol–water partition coefficient (Wildman–Crippen LogP) is 2.98. The van der Waals surface area contributed by atoms with Gasteiger partial charge < -0.3 is 15.0 Å². The molecule has 164 valence electrons. The van der Waals surface area contributed by atoms with E-state index in [2.05, 4.69) is 15.0 Å². The van der Waals surface area contributed by atoms with Gasteiger partial charge >= 0.3 is 0 Å². The zero-order chi connectivity index (χ0) is 22.4. The average Bonchev–Trinajstić information content (AvgIpc) is 2.67. The maximum absolute atomic E-state index is 12.8. The van der Waals surface area contributed by atoms with E-state index < -0.39 is 15.6 Å². The molecule has 0 aliphatic carbocycles. The highest BCUT2D eigenvalue weighted by molar-refractivity contribution is 7.89. The van der Waals surface area contributed by atoms with Gasteiger partial charge in [0.2, 0.25) is 10.0 Å². The van der Waals surface area contributed by atoms with Crippen molar-refractivity contribution in [2.75, 3.05) is 21.2 Å². The van der Waals surface area contributed by atoms with Crippen LogP contribution in [0.25, 0.3) is 0 Å². The summed E-state index contributed by atoms with van der Waals surface area (Å²) in [4.78, 5) is 6.55. The van der Waals surface area contributed by atoms with Gasteiger partial charge in [-0.3, -0.25) is 4.99 Å². The minimum Gasteiger partial charge on any atom is -0.496 e. The van der Waals surface area contributed by atoms with Crippen LogP contribution in [0, 0.1) is 0 Å². The highest BCUT2D eigenvalue weighted by Crippen LogP contribution is 2.20. The maximum Gasteiger partial charge on any atom is 0.241 e. The van der Waals surface area contributed by atoms with Gasteiger partial charge in [-0.2, -0.15) is 0 Å². The summed E-state index contributed by atoms with van der Waals surface area (Å²) < 4.78 is 33.8. The van der Waals surface area contributed by atoms with Crippen LogP contribution in [0.2, 0.25) is 0 Å². The molecule has 30 heavy (non-hydrogen) atoms. The van der Waals surface area contributed by atoms with Crippen molar-refractivity contribution in [1.29, 1.82) is 0 Å². The largest absolute Gasteiger partial charge is 0.496 e. The van der Waals surface area contributed by atoms with E-state index in [-0.39, 0.29) is 4.90 Å². The standard InChI is InChI=1S/C22H32N4O3S/c1-22(2,3)25-30(27,28)20-14-10-8-11-17(20)15-24-21(23-4)26(5)16-18-12-7-9-13-19(18)29-6/h7-14,25H,15-16H2,1-6H3,(H,23,24). The summed E-state index contributed by atoms with van der Waals surface area (Å²) in [5.74, 6) is 1.46. The first-order chi connectivity index (χ1) is 14.1. The molecular formula is C22H32N4O3S. The molecule has 0 aromatic heterocycles. The Morgan fingerprint density at radius 1 is 1.07 bits per heavy atom. The van der Waals surface area contributed by atoms with Crippen molar-refractivity contribution >= 4 is 16.0 Å². The zero-order valence-corrected chi connectivity index (χ0v) is 19.4. The number of methoxy groups -OCH3 is 1. The fourth-order valence-corrected chi connectivity index (χ4v) is 4.75. The number of para-hydroxylation sites is 1. The van der Waals surface area contributed by atoms with Gasteiger partial charge in [0.15, 0.2) is 5.96 Å². The second-order valence-corrected chi connectivity index (χ2v) is 9.68. The van der Waals surface area contributed by atoms with Crippen molar-refractivity contribution in [2.45, 2.75) is 44.3 Å². The van der Waals surface area contributed by atoms with Crippen molar-refractivity contribution in [2.24, 2.45) is 4.99 Å². The van der Waals surface area contributed by atoms with Gasteiger partial charge in [-0.15, -0.1) is 0 Å². The van der Waals surface area contributed by atoms with Gasteiger partial charge in [-0.1, -0.05) is 36.4 Å². The summed E-state index contributed by atoms with van der Waals surface area (Å²) in [6, 6.07) is 14.8. The lowest BCUT2D eigenvalue weighted by Crippen LogP contribution is -2.41. The molecular weight excluding hydrogens is 400 g/mol. The van der Waals surface area contributed by atoms with Gasteiger partial charge in [0, 0.05) is 38.3 Å². The minimum atomic E-state index is -3.64. The fourth-order valence-electron chi connectivity index (χ4n) is 3.09. The van der Waals surface area contributed by atoms with Crippen LogP contribution in [0.5, 0.6) is 5.75 Å². The number of hydrogen-bond acceptors (Lipinski definition) is 4. The lowest BCUT2D eigenvalue weighted by molar-refractivity contribution is 0.396. The third-order valence-electron chi connectivity index (χ3n) is 4.31. The highest BCUT2D eigenvalue weighted by atomic mass is 32.2. The lowest BCUT2D eigenvalue weighted by atomic mass is 10.1. The van der Waals surface area contributed by atoms with E-state index in [4.69, 9.17) is 4.74 Å². The molecule has 0 amide bonds. The Bertz CT molecular complexity index is 982.